The first-order chi connectivity index (χ1) is 28.8. The van der Waals surface area contributed by atoms with Gasteiger partial charge in [0.25, 0.3) is 0 Å². The summed E-state index contributed by atoms with van der Waals surface area (Å²) in [6.07, 6.45) is 0. The second-order valence-electron chi connectivity index (χ2n) is 15.3. The standard InChI is InChI=1S/C52H28N4OS/c1-2-14-30-29(13-1)31-15-3-7-22-40(31)55-42-27-38-32-16-4-8-23-41(32)56(43(38)28-39(42)34-20-11-19-33(30)50(34)55)51-48(53-49-35-17-5-9-24-44(35)57-52(49)54-51)37-21-12-26-46-47(37)36-18-6-10-25-45(36)58-46/h1-28H. The maximum atomic E-state index is 6.50. The Morgan fingerprint density at radius 3 is 1.95 bits per heavy atom. The van der Waals surface area contributed by atoms with E-state index in [1.807, 2.05) is 29.5 Å². The third-order valence-electron chi connectivity index (χ3n) is 12.3. The molecule has 1 aliphatic rings. The second kappa shape index (κ2) is 11.1. The van der Waals surface area contributed by atoms with Crippen LogP contribution in [0.2, 0.25) is 0 Å². The van der Waals surface area contributed by atoms with Crippen LogP contribution in [0.5, 0.6) is 0 Å². The largest absolute Gasteiger partial charge is 0.436 e. The topological polar surface area (TPSA) is 48.8 Å². The number of hydrogen-bond donors (Lipinski definition) is 0. The number of benzene rings is 8. The van der Waals surface area contributed by atoms with Gasteiger partial charge in [0, 0.05) is 63.8 Å². The van der Waals surface area contributed by atoms with E-state index in [1.165, 1.54) is 69.9 Å². The first kappa shape index (κ1) is 30.7. The molecule has 0 atom stereocenters. The molecule has 0 N–H and O–H groups in total. The van der Waals surface area contributed by atoms with Crippen molar-refractivity contribution in [1.82, 2.24) is 19.1 Å². The highest BCUT2D eigenvalue weighted by atomic mass is 32.1. The summed E-state index contributed by atoms with van der Waals surface area (Å²) in [5, 5.41) is 8.08. The molecule has 6 heteroatoms. The molecular formula is C52H28N4OS. The summed E-state index contributed by atoms with van der Waals surface area (Å²) in [7, 11) is 0. The molecule has 8 aromatic carbocycles. The Labute approximate surface area is 334 Å². The number of nitrogens with zero attached hydrogens (tertiary/aromatic N) is 4. The lowest BCUT2D eigenvalue weighted by Crippen LogP contribution is -2.03. The maximum Gasteiger partial charge on any atom is 0.248 e. The minimum atomic E-state index is 0.521. The van der Waals surface area contributed by atoms with Crippen molar-refractivity contribution in [1.29, 1.82) is 0 Å². The second-order valence-corrected chi connectivity index (χ2v) is 16.3. The number of rotatable bonds is 2. The van der Waals surface area contributed by atoms with E-state index in [9.17, 15) is 0 Å². The molecule has 268 valence electrons. The zero-order valence-electron chi connectivity index (χ0n) is 30.8. The summed E-state index contributed by atoms with van der Waals surface area (Å²) in [6.45, 7) is 0. The van der Waals surface area contributed by atoms with Crippen molar-refractivity contribution < 1.29 is 4.42 Å². The minimum absolute atomic E-state index is 0.521. The van der Waals surface area contributed by atoms with Gasteiger partial charge in [-0.05, 0) is 59.7 Å². The van der Waals surface area contributed by atoms with Crippen LogP contribution in [-0.4, -0.2) is 19.1 Å². The van der Waals surface area contributed by atoms with Crippen molar-refractivity contribution in [2.24, 2.45) is 0 Å². The summed E-state index contributed by atoms with van der Waals surface area (Å²) >= 11 is 1.82. The Morgan fingerprint density at radius 1 is 0.431 bits per heavy atom. The molecule has 0 amide bonds. The van der Waals surface area contributed by atoms with Gasteiger partial charge in [0.05, 0.1) is 27.8 Å². The first-order valence-corrected chi connectivity index (χ1v) is 20.4. The molecule has 0 radical (unpaired) electrons. The van der Waals surface area contributed by atoms with E-state index in [4.69, 9.17) is 14.4 Å². The molecule has 0 spiro atoms. The van der Waals surface area contributed by atoms with E-state index in [-0.39, 0.29) is 0 Å². The molecule has 0 aliphatic carbocycles. The Kier molecular flexibility index (Phi) is 5.85. The molecule has 6 heterocycles. The van der Waals surface area contributed by atoms with Gasteiger partial charge in [0.15, 0.2) is 5.82 Å². The van der Waals surface area contributed by atoms with Crippen LogP contribution in [-0.2, 0) is 0 Å². The lowest BCUT2D eigenvalue weighted by molar-refractivity contribution is 0.652. The lowest BCUT2D eigenvalue weighted by Gasteiger charge is -2.14. The predicted octanol–water partition coefficient (Wildman–Crippen LogP) is 14.3. The Bertz CT molecular complexity index is 3940. The molecule has 0 bridgehead atoms. The smallest absolute Gasteiger partial charge is 0.248 e. The number of hydrogen-bond acceptors (Lipinski definition) is 4. The van der Waals surface area contributed by atoms with E-state index in [2.05, 4.69) is 161 Å². The van der Waals surface area contributed by atoms with Gasteiger partial charge in [-0.1, -0.05) is 121 Å². The molecule has 0 saturated heterocycles. The predicted molar refractivity (Wildman–Crippen MR) is 241 cm³/mol. The zero-order chi connectivity index (χ0) is 37.6. The fraction of sp³-hybridized carbons (Fsp3) is 0. The zero-order valence-corrected chi connectivity index (χ0v) is 31.6. The third kappa shape index (κ3) is 3.89. The fourth-order valence-corrected chi connectivity index (χ4v) is 11.0. The number of thiophene rings is 1. The van der Waals surface area contributed by atoms with Crippen molar-refractivity contribution in [2.75, 3.05) is 0 Å². The molecule has 5 aromatic heterocycles. The molecule has 58 heavy (non-hydrogen) atoms. The average molecular weight is 757 g/mol. The summed E-state index contributed by atoms with van der Waals surface area (Å²) in [6, 6.07) is 61.3. The number of para-hydroxylation sites is 4. The SMILES string of the molecule is c1ccc2c(c1)-c1ccccc1-n1c3cc4c5ccccc5n(-c5nc6oc7ccccc7c6nc5-c5cccc6sc7ccccc7c56)c4cc3c3cccc-2c31. The van der Waals surface area contributed by atoms with Gasteiger partial charge in [-0.3, -0.25) is 4.57 Å². The molecule has 13 aromatic rings. The van der Waals surface area contributed by atoms with Crippen LogP contribution in [0, 0.1) is 0 Å². The quantitative estimate of drug-likeness (QED) is 0.176. The summed E-state index contributed by atoms with van der Waals surface area (Å²) in [4.78, 5) is 11.1. The van der Waals surface area contributed by atoms with Gasteiger partial charge >= 0.3 is 0 Å². The number of fused-ring (bicyclic) bond motifs is 17. The van der Waals surface area contributed by atoms with Gasteiger partial charge in [-0.15, -0.1) is 11.3 Å². The molecule has 14 rings (SSSR count). The highest BCUT2D eigenvalue weighted by molar-refractivity contribution is 7.25. The van der Waals surface area contributed by atoms with Gasteiger partial charge in [0.1, 0.15) is 16.8 Å². The van der Waals surface area contributed by atoms with Crippen LogP contribution in [0.3, 0.4) is 0 Å². The van der Waals surface area contributed by atoms with E-state index < -0.39 is 0 Å². The van der Waals surface area contributed by atoms with Crippen LogP contribution in [0.4, 0.5) is 0 Å². The Morgan fingerprint density at radius 2 is 1.05 bits per heavy atom. The van der Waals surface area contributed by atoms with Crippen LogP contribution in [0.25, 0.3) is 131 Å². The fourth-order valence-electron chi connectivity index (χ4n) is 9.89. The lowest BCUT2D eigenvalue weighted by atomic mass is 9.94. The third-order valence-corrected chi connectivity index (χ3v) is 13.4. The molecule has 0 unspecified atom stereocenters. The number of aromatic nitrogens is 4. The normalized spacial score (nSPS) is 12.5. The van der Waals surface area contributed by atoms with Crippen LogP contribution in [0.15, 0.2) is 174 Å². The minimum Gasteiger partial charge on any atom is -0.436 e. The molecule has 5 nitrogen and oxygen atoms in total. The van der Waals surface area contributed by atoms with Crippen molar-refractivity contribution >= 4 is 97.3 Å². The van der Waals surface area contributed by atoms with E-state index in [1.54, 1.807) is 0 Å². The number of furan rings is 1. The first-order valence-electron chi connectivity index (χ1n) is 19.6. The van der Waals surface area contributed by atoms with Gasteiger partial charge in [-0.2, -0.15) is 4.98 Å². The van der Waals surface area contributed by atoms with E-state index in [0.29, 0.717) is 5.71 Å². The maximum absolute atomic E-state index is 6.50. The molecule has 1 aliphatic heterocycles. The Balaban J connectivity index is 1.16. The van der Waals surface area contributed by atoms with Gasteiger partial charge in [-0.25, -0.2) is 4.98 Å². The van der Waals surface area contributed by atoms with Gasteiger partial charge < -0.3 is 8.98 Å². The summed E-state index contributed by atoms with van der Waals surface area (Å²) < 4.78 is 13.8. The molecule has 0 saturated carbocycles. The van der Waals surface area contributed by atoms with Crippen LogP contribution >= 0.6 is 11.3 Å². The monoisotopic (exact) mass is 756 g/mol. The summed E-state index contributed by atoms with van der Waals surface area (Å²) in [5.41, 5.74) is 14.6. The van der Waals surface area contributed by atoms with Crippen molar-refractivity contribution in [2.45, 2.75) is 0 Å². The molecule has 0 fully saturated rings. The van der Waals surface area contributed by atoms with Gasteiger partial charge in [0.2, 0.25) is 5.71 Å². The Hall–Kier alpha value is -7.54. The van der Waals surface area contributed by atoms with Crippen LogP contribution in [0.1, 0.15) is 0 Å². The van der Waals surface area contributed by atoms with Crippen molar-refractivity contribution in [3.8, 4) is 45.0 Å². The van der Waals surface area contributed by atoms with Crippen molar-refractivity contribution in [3.05, 3.63) is 170 Å². The highest BCUT2D eigenvalue weighted by Gasteiger charge is 2.27. The molecular weight excluding hydrogens is 729 g/mol. The van der Waals surface area contributed by atoms with E-state index in [0.717, 1.165) is 55.4 Å². The van der Waals surface area contributed by atoms with Crippen molar-refractivity contribution in [3.63, 3.8) is 0 Å². The summed E-state index contributed by atoms with van der Waals surface area (Å²) in [5.74, 6) is 0.740. The average Bonchev–Trinajstić information content (AvgIpc) is 4.00. The highest BCUT2D eigenvalue weighted by Crippen LogP contribution is 2.49. The van der Waals surface area contributed by atoms with E-state index >= 15 is 0 Å². The van der Waals surface area contributed by atoms with Crippen LogP contribution < -0.4 is 0 Å².